The van der Waals surface area contributed by atoms with Crippen molar-refractivity contribution < 1.29 is 14.7 Å². The summed E-state index contributed by atoms with van der Waals surface area (Å²) < 4.78 is 0. The zero-order valence-corrected chi connectivity index (χ0v) is 11.3. The number of carbonyl (C=O) groups is 2. The van der Waals surface area contributed by atoms with E-state index in [1.54, 1.807) is 19.2 Å². The van der Waals surface area contributed by atoms with Crippen LogP contribution < -0.4 is 16.0 Å². The van der Waals surface area contributed by atoms with Crippen molar-refractivity contribution in [1.29, 1.82) is 0 Å². The summed E-state index contributed by atoms with van der Waals surface area (Å²) in [5, 5.41) is 17.7. The van der Waals surface area contributed by atoms with Crippen LogP contribution >= 0.6 is 0 Å². The van der Waals surface area contributed by atoms with E-state index in [0.717, 1.165) is 5.56 Å². The van der Waals surface area contributed by atoms with Gasteiger partial charge < -0.3 is 21.1 Å². The van der Waals surface area contributed by atoms with Gasteiger partial charge in [0.25, 0.3) is 5.91 Å². The highest BCUT2D eigenvalue weighted by Gasteiger charge is 2.27. The lowest BCUT2D eigenvalue weighted by Crippen LogP contribution is -2.40. The van der Waals surface area contributed by atoms with E-state index in [2.05, 4.69) is 16.0 Å². The van der Waals surface area contributed by atoms with Crippen LogP contribution in [-0.4, -0.2) is 42.7 Å². The lowest BCUT2D eigenvalue weighted by molar-refractivity contribution is -0.123. The molecule has 1 aromatic rings. The van der Waals surface area contributed by atoms with Gasteiger partial charge in [0.1, 0.15) is 0 Å². The molecule has 1 fully saturated rings. The average molecular weight is 277 g/mol. The highest BCUT2D eigenvalue weighted by molar-refractivity contribution is 5.93. The normalized spacial score (nSPS) is 21.5. The first kappa shape index (κ1) is 14.5. The molecule has 0 aromatic heterocycles. The predicted molar refractivity (Wildman–Crippen MR) is 74.1 cm³/mol. The molecule has 1 aliphatic rings. The maximum absolute atomic E-state index is 11.8. The summed E-state index contributed by atoms with van der Waals surface area (Å²) in [5.41, 5.74) is 1.51. The number of hydrogen-bond acceptors (Lipinski definition) is 4. The summed E-state index contributed by atoms with van der Waals surface area (Å²) in [6.07, 6.45) is -0.000801. The van der Waals surface area contributed by atoms with Crippen LogP contribution in [0.4, 0.5) is 0 Å². The Kier molecular flexibility index (Phi) is 4.70. The second-order valence-corrected chi connectivity index (χ2v) is 4.84. The number of aliphatic hydroxyl groups is 1. The minimum Gasteiger partial charge on any atom is -0.392 e. The van der Waals surface area contributed by atoms with Crippen molar-refractivity contribution in [3.63, 3.8) is 0 Å². The van der Waals surface area contributed by atoms with Crippen LogP contribution in [0, 0.1) is 0 Å². The zero-order chi connectivity index (χ0) is 14.5. The summed E-state index contributed by atoms with van der Waals surface area (Å²) >= 11 is 0. The molecule has 2 unspecified atom stereocenters. The highest BCUT2D eigenvalue weighted by atomic mass is 16.3. The van der Waals surface area contributed by atoms with E-state index in [1.807, 2.05) is 12.1 Å². The third kappa shape index (κ3) is 3.55. The molecule has 2 atom stereocenters. The van der Waals surface area contributed by atoms with Gasteiger partial charge >= 0.3 is 0 Å². The van der Waals surface area contributed by atoms with Crippen LogP contribution in [0.2, 0.25) is 0 Å². The molecule has 1 heterocycles. The summed E-state index contributed by atoms with van der Waals surface area (Å²) in [4.78, 5) is 23.2. The number of amides is 2. The molecule has 6 heteroatoms. The number of carbonyl (C=O) groups excluding carboxylic acids is 2. The molecule has 0 bridgehead atoms. The Morgan fingerprint density at radius 2 is 2.05 bits per heavy atom. The number of benzene rings is 1. The van der Waals surface area contributed by atoms with Gasteiger partial charge in [-0.05, 0) is 24.1 Å². The molecule has 0 aliphatic carbocycles. The first-order valence-corrected chi connectivity index (χ1v) is 6.60. The highest BCUT2D eigenvalue weighted by Crippen LogP contribution is 2.07. The lowest BCUT2D eigenvalue weighted by atomic mass is 10.1. The molecule has 1 saturated heterocycles. The van der Waals surface area contributed by atoms with Crippen molar-refractivity contribution in [2.45, 2.75) is 25.1 Å². The molecule has 108 valence electrons. The maximum Gasteiger partial charge on any atom is 0.251 e. The Morgan fingerprint density at radius 3 is 2.60 bits per heavy atom. The Bertz CT molecular complexity index is 487. The van der Waals surface area contributed by atoms with Gasteiger partial charge in [-0.3, -0.25) is 9.59 Å². The second kappa shape index (κ2) is 6.49. The van der Waals surface area contributed by atoms with Crippen molar-refractivity contribution >= 4 is 11.8 Å². The third-order valence-corrected chi connectivity index (χ3v) is 3.33. The largest absolute Gasteiger partial charge is 0.392 e. The van der Waals surface area contributed by atoms with Crippen LogP contribution in [0.15, 0.2) is 24.3 Å². The van der Waals surface area contributed by atoms with E-state index < -0.39 is 6.10 Å². The molecular formula is C14H19N3O3. The monoisotopic (exact) mass is 277 g/mol. The number of rotatable bonds is 4. The summed E-state index contributed by atoms with van der Waals surface area (Å²) in [5.74, 6) is -0.248. The predicted octanol–water partition coefficient (Wildman–Crippen LogP) is -0.615. The molecule has 2 rings (SSSR count). The van der Waals surface area contributed by atoms with Crippen LogP contribution in [-0.2, 0) is 11.3 Å². The van der Waals surface area contributed by atoms with Crippen LogP contribution in [0.1, 0.15) is 22.3 Å². The van der Waals surface area contributed by atoms with Gasteiger partial charge in [-0.25, -0.2) is 0 Å². The van der Waals surface area contributed by atoms with Crippen LogP contribution in [0.3, 0.4) is 0 Å². The molecule has 0 spiro atoms. The topological polar surface area (TPSA) is 90.5 Å². The van der Waals surface area contributed by atoms with E-state index >= 15 is 0 Å². The Hall–Kier alpha value is -1.92. The van der Waals surface area contributed by atoms with Gasteiger partial charge in [-0.1, -0.05) is 12.1 Å². The molecule has 0 radical (unpaired) electrons. The van der Waals surface area contributed by atoms with Gasteiger partial charge in [-0.15, -0.1) is 0 Å². The van der Waals surface area contributed by atoms with Gasteiger partial charge in [0.05, 0.1) is 12.1 Å². The minimum atomic E-state index is -0.447. The third-order valence-electron chi connectivity index (χ3n) is 3.33. The molecule has 0 saturated carbocycles. The number of aliphatic hydroxyl groups excluding tert-OH is 1. The number of hydrogen-bond donors (Lipinski definition) is 4. The van der Waals surface area contributed by atoms with E-state index in [-0.39, 0.29) is 17.9 Å². The molecule has 4 N–H and O–H groups in total. The zero-order valence-electron chi connectivity index (χ0n) is 11.3. The number of nitrogens with one attached hydrogen (secondary N) is 3. The Balaban J connectivity index is 1.85. The summed E-state index contributed by atoms with van der Waals surface area (Å²) in [6.45, 7) is 0.861. The fourth-order valence-electron chi connectivity index (χ4n) is 2.15. The minimum absolute atomic E-state index is 0.114. The van der Waals surface area contributed by atoms with E-state index in [0.29, 0.717) is 25.1 Å². The Labute approximate surface area is 117 Å². The van der Waals surface area contributed by atoms with E-state index in [4.69, 9.17) is 0 Å². The van der Waals surface area contributed by atoms with E-state index in [9.17, 15) is 14.7 Å². The summed E-state index contributed by atoms with van der Waals surface area (Å²) in [6, 6.07) is 6.73. The van der Waals surface area contributed by atoms with Crippen molar-refractivity contribution in [3.8, 4) is 0 Å². The average Bonchev–Trinajstić information content (AvgIpc) is 2.91. The molecule has 6 nitrogen and oxygen atoms in total. The van der Waals surface area contributed by atoms with Crippen molar-refractivity contribution in [2.24, 2.45) is 0 Å². The fraction of sp³-hybridized carbons (Fsp3) is 0.429. The van der Waals surface area contributed by atoms with Crippen molar-refractivity contribution in [2.75, 3.05) is 13.6 Å². The van der Waals surface area contributed by atoms with Gasteiger partial charge in [0.15, 0.2) is 0 Å². The standard InChI is InChI=1S/C14H19N3O3/c1-15-13(19)10-4-2-9(3-5-10)7-17-14(20)12-6-11(18)8-16-12/h2-5,11-12,16,18H,6-8H2,1H3,(H,15,19)(H,17,20). The first-order valence-electron chi connectivity index (χ1n) is 6.60. The summed E-state index contributed by atoms with van der Waals surface area (Å²) in [7, 11) is 1.58. The first-order chi connectivity index (χ1) is 9.60. The van der Waals surface area contributed by atoms with Gasteiger partial charge in [-0.2, -0.15) is 0 Å². The van der Waals surface area contributed by atoms with Crippen LogP contribution in [0.25, 0.3) is 0 Å². The number of β-amino-alcohol motifs (C(OH)–C–C–N with tert-alkyl or cyclic N) is 1. The smallest absolute Gasteiger partial charge is 0.251 e. The van der Waals surface area contributed by atoms with E-state index in [1.165, 1.54) is 0 Å². The quantitative estimate of drug-likeness (QED) is 0.591. The molecule has 1 aromatic carbocycles. The second-order valence-electron chi connectivity index (χ2n) is 4.84. The molecular weight excluding hydrogens is 258 g/mol. The van der Waals surface area contributed by atoms with Gasteiger partial charge in [0, 0.05) is 25.7 Å². The van der Waals surface area contributed by atoms with Crippen molar-refractivity contribution in [1.82, 2.24) is 16.0 Å². The van der Waals surface area contributed by atoms with Crippen molar-refractivity contribution in [3.05, 3.63) is 35.4 Å². The van der Waals surface area contributed by atoms with Gasteiger partial charge in [0.2, 0.25) is 5.91 Å². The molecule has 2 amide bonds. The fourth-order valence-corrected chi connectivity index (χ4v) is 2.15. The SMILES string of the molecule is CNC(=O)c1ccc(CNC(=O)C2CC(O)CN2)cc1. The maximum atomic E-state index is 11.8. The van der Waals surface area contributed by atoms with Crippen LogP contribution in [0.5, 0.6) is 0 Å². The molecule has 20 heavy (non-hydrogen) atoms. The molecule has 1 aliphatic heterocycles. The Morgan fingerprint density at radius 1 is 1.35 bits per heavy atom. The lowest BCUT2D eigenvalue weighted by Gasteiger charge is -2.11.